The first kappa shape index (κ1) is 14.6. The number of rotatable bonds is 4. The third-order valence-electron chi connectivity index (χ3n) is 4.41. The second-order valence-corrected chi connectivity index (χ2v) is 6.45. The van der Waals surface area contributed by atoms with Gasteiger partial charge in [0.05, 0.1) is 6.10 Å². The van der Waals surface area contributed by atoms with Crippen molar-refractivity contribution in [2.45, 2.75) is 44.1 Å². The summed E-state index contributed by atoms with van der Waals surface area (Å²) in [6, 6.07) is 16.5. The summed E-state index contributed by atoms with van der Waals surface area (Å²) in [4.78, 5) is 0. The van der Waals surface area contributed by atoms with Crippen LogP contribution < -0.4 is 0 Å². The van der Waals surface area contributed by atoms with E-state index in [9.17, 15) is 5.11 Å². The topological polar surface area (TPSA) is 20.2 Å². The molecule has 3 rings (SSSR count). The van der Waals surface area contributed by atoms with Gasteiger partial charge in [-0.3, -0.25) is 0 Å². The summed E-state index contributed by atoms with van der Waals surface area (Å²) in [5.41, 5.74) is 4.01. The Morgan fingerprint density at radius 1 is 1.14 bits per heavy atom. The Bertz CT molecular complexity index is 608. The molecule has 0 saturated carbocycles. The summed E-state index contributed by atoms with van der Waals surface area (Å²) in [6.45, 7) is 0. The Balaban J connectivity index is 1.67. The van der Waals surface area contributed by atoms with Crippen LogP contribution in [-0.2, 0) is 12.8 Å². The molecule has 2 atom stereocenters. The van der Waals surface area contributed by atoms with Crippen molar-refractivity contribution >= 4 is 11.6 Å². The fourth-order valence-electron chi connectivity index (χ4n) is 3.45. The van der Waals surface area contributed by atoms with Crippen LogP contribution in [-0.4, -0.2) is 11.2 Å². The largest absolute Gasteiger partial charge is 0.393 e. The molecule has 0 fully saturated rings. The lowest BCUT2D eigenvalue weighted by atomic mass is 9.79. The highest BCUT2D eigenvalue weighted by Gasteiger charge is 2.22. The molecule has 2 unspecified atom stereocenters. The fraction of sp³-hybridized carbons (Fsp3) is 0.368. The standard InChI is InChI=1S/C19H21ClO/c20-17-9-3-5-14(11-17)12-18(21)13-16-8-4-7-15-6-1-2-10-19(15)16/h1-3,5-6,9-11,16,18,21H,4,7-8,12-13H2. The zero-order valence-electron chi connectivity index (χ0n) is 12.1. The highest BCUT2D eigenvalue weighted by atomic mass is 35.5. The van der Waals surface area contributed by atoms with Crippen LogP contribution in [0.3, 0.4) is 0 Å². The smallest absolute Gasteiger partial charge is 0.0586 e. The van der Waals surface area contributed by atoms with Crippen molar-refractivity contribution in [3.8, 4) is 0 Å². The Kier molecular flexibility index (Phi) is 4.62. The molecule has 0 spiro atoms. The van der Waals surface area contributed by atoms with Crippen molar-refractivity contribution in [2.75, 3.05) is 0 Å². The maximum Gasteiger partial charge on any atom is 0.0586 e. The predicted octanol–water partition coefficient (Wildman–Crippen LogP) is 4.75. The number of aliphatic hydroxyl groups is 1. The maximum atomic E-state index is 10.4. The van der Waals surface area contributed by atoms with Gasteiger partial charge in [0, 0.05) is 5.02 Å². The first-order valence-electron chi connectivity index (χ1n) is 7.72. The van der Waals surface area contributed by atoms with Gasteiger partial charge in [0.25, 0.3) is 0 Å². The molecule has 2 aromatic carbocycles. The summed E-state index contributed by atoms with van der Waals surface area (Å²) in [7, 11) is 0. The summed E-state index contributed by atoms with van der Waals surface area (Å²) >= 11 is 6.01. The quantitative estimate of drug-likeness (QED) is 0.863. The number of hydrogen-bond acceptors (Lipinski definition) is 1. The molecule has 1 nitrogen and oxygen atoms in total. The Hall–Kier alpha value is -1.31. The first-order chi connectivity index (χ1) is 10.2. The van der Waals surface area contributed by atoms with Crippen molar-refractivity contribution in [2.24, 2.45) is 0 Å². The summed E-state index contributed by atoms with van der Waals surface area (Å²) < 4.78 is 0. The number of benzene rings is 2. The zero-order chi connectivity index (χ0) is 14.7. The minimum Gasteiger partial charge on any atom is -0.393 e. The van der Waals surface area contributed by atoms with E-state index in [0.717, 1.165) is 17.0 Å². The second-order valence-electron chi connectivity index (χ2n) is 6.01. The molecule has 0 radical (unpaired) electrons. The van der Waals surface area contributed by atoms with E-state index in [1.807, 2.05) is 24.3 Å². The van der Waals surface area contributed by atoms with Crippen LogP contribution >= 0.6 is 11.6 Å². The van der Waals surface area contributed by atoms with Gasteiger partial charge in [0.1, 0.15) is 0 Å². The normalized spacial score (nSPS) is 19.0. The predicted molar refractivity (Wildman–Crippen MR) is 87.9 cm³/mol. The van der Waals surface area contributed by atoms with E-state index in [1.54, 1.807) is 0 Å². The Morgan fingerprint density at radius 3 is 2.86 bits per heavy atom. The lowest BCUT2D eigenvalue weighted by molar-refractivity contribution is 0.152. The third kappa shape index (κ3) is 3.66. The van der Waals surface area contributed by atoms with Crippen molar-refractivity contribution in [3.05, 3.63) is 70.2 Å². The molecule has 0 bridgehead atoms. The van der Waals surface area contributed by atoms with E-state index in [1.165, 1.54) is 30.4 Å². The average Bonchev–Trinajstić information content (AvgIpc) is 2.47. The number of aryl methyl sites for hydroxylation is 1. The Labute approximate surface area is 131 Å². The highest BCUT2D eigenvalue weighted by Crippen LogP contribution is 2.35. The summed E-state index contributed by atoms with van der Waals surface area (Å²) in [6.07, 6.45) is 4.80. The second kappa shape index (κ2) is 6.64. The van der Waals surface area contributed by atoms with Gasteiger partial charge < -0.3 is 5.11 Å². The minimum absolute atomic E-state index is 0.306. The van der Waals surface area contributed by atoms with Crippen LogP contribution in [0.25, 0.3) is 0 Å². The van der Waals surface area contributed by atoms with Crippen LogP contribution in [0.4, 0.5) is 0 Å². The first-order valence-corrected chi connectivity index (χ1v) is 8.10. The maximum absolute atomic E-state index is 10.4. The molecule has 0 aliphatic heterocycles. The molecule has 21 heavy (non-hydrogen) atoms. The van der Waals surface area contributed by atoms with Gasteiger partial charge >= 0.3 is 0 Å². The third-order valence-corrected chi connectivity index (χ3v) is 4.65. The van der Waals surface area contributed by atoms with Crippen molar-refractivity contribution in [1.29, 1.82) is 0 Å². The highest BCUT2D eigenvalue weighted by molar-refractivity contribution is 6.30. The number of fused-ring (bicyclic) bond motifs is 1. The SMILES string of the molecule is OC(Cc1cccc(Cl)c1)CC1CCCc2ccccc21. The number of aliphatic hydroxyl groups excluding tert-OH is 1. The number of halogens is 1. The van der Waals surface area contributed by atoms with Gasteiger partial charge in [-0.2, -0.15) is 0 Å². The molecule has 1 N–H and O–H groups in total. The summed E-state index contributed by atoms with van der Waals surface area (Å²) in [5, 5.41) is 11.2. The molecule has 0 heterocycles. The average molecular weight is 301 g/mol. The molecule has 0 saturated heterocycles. The van der Waals surface area contributed by atoms with E-state index in [2.05, 4.69) is 24.3 Å². The molecule has 1 aliphatic carbocycles. The van der Waals surface area contributed by atoms with Crippen LogP contribution in [0.15, 0.2) is 48.5 Å². The van der Waals surface area contributed by atoms with E-state index in [4.69, 9.17) is 11.6 Å². The number of hydrogen-bond donors (Lipinski definition) is 1. The van der Waals surface area contributed by atoms with Crippen LogP contribution in [0.2, 0.25) is 5.02 Å². The van der Waals surface area contributed by atoms with Gasteiger partial charge in [0.15, 0.2) is 0 Å². The van der Waals surface area contributed by atoms with Gasteiger partial charge in [-0.25, -0.2) is 0 Å². The monoisotopic (exact) mass is 300 g/mol. The molecular formula is C19H21ClO. The minimum atomic E-state index is -0.306. The van der Waals surface area contributed by atoms with Crippen LogP contribution in [0.1, 0.15) is 41.9 Å². The molecule has 2 heteroatoms. The zero-order valence-corrected chi connectivity index (χ0v) is 12.9. The molecule has 110 valence electrons. The van der Waals surface area contributed by atoms with Crippen molar-refractivity contribution < 1.29 is 5.11 Å². The molecule has 0 aromatic heterocycles. The van der Waals surface area contributed by atoms with Crippen LogP contribution in [0.5, 0.6) is 0 Å². The fourth-order valence-corrected chi connectivity index (χ4v) is 3.66. The van der Waals surface area contributed by atoms with Crippen LogP contribution in [0, 0.1) is 0 Å². The molecule has 1 aliphatic rings. The van der Waals surface area contributed by atoms with E-state index < -0.39 is 0 Å². The lowest BCUT2D eigenvalue weighted by Gasteiger charge is -2.27. The molecule has 2 aromatic rings. The Morgan fingerprint density at radius 2 is 2.00 bits per heavy atom. The van der Waals surface area contributed by atoms with Crippen molar-refractivity contribution in [1.82, 2.24) is 0 Å². The van der Waals surface area contributed by atoms with Gasteiger partial charge in [-0.15, -0.1) is 0 Å². The van der Waals surface area contributed by atoms with Gasteiger partial charge in [-0.1, -0.05) is 48.0 Å². The lowest BCUT2D eigenvalue weighted by Crippen LogP contribution is -2.18. The van der Waals surface area contributed by atoms with Crippen molar-refractivity contribution in [3.63, 3.8) is 0 Å². The van der Waals surface area contributed by atoms with E-state index in [-0.39, 0.29) is 6.10 Å². The van der Waals surface area contributed by atoms with E-state index >= 15 is 0 Å². The van der Waals surface area contributed by atoms with E-state index in [0.29, 0.717) is 12.3 Å². The van der Waals surface area contributed by atoms with Gasteiger partial charge in [-0.05, 0) is 66.8 Å². The molecular weight excluding hydrogens is 280 g/mol. The summed E-state index contributed by atoms with van der Waals surface area (Å²) in [5.74, 6) is 0.490. The van der Waals surface area contributed by atoms with Gasteiger partial charge in [0.2, 0.25) is 0 Å². The molecule has 0 amide bonds.